The molecule has 2 aromatic carbocycles. The number of hydrogen-bond donors (Lipinski definition) is 3. The summed E-state index contributed by atoms with van der Waals surface area (Å²) < 4.78 is 19.0. The van der Waals surface area contributed by atoms with Gasteiger partial charge >= 0.3 is 0 Å². The average molecular weight is 436 g/mol. The molecule has 2 atom stereocenters. The van der Waals surface area contributed by atoms with Crippen LogP contribution in [0.1, 0.15) is 18.9 Å². The zero-order valence-corrected chi connectivity index (χ0v) is 17.7. The lowest BCUT2D eigenvalue weighted by Crippen LogP contribution is -2.39. The van der Waals surface area contributed by atoms with Crippen molar-refractivity contribution in [1.82, 2.24) is 10.2 Å². The molecule has 1 saturated heterocycles. The molecule has 1 fully saturated rings. The lowest BCUT2D eigenvalue weighted by molar-refractivity contribution is -0.114. The molecule has 3 N–H and O–H groups in total. The monoisotopic (exact) mass is 435 g/mol. The Balaban J connectivity index is 1.41. The van der Waals surface area contributed by atoms with Crippen LogP contribution in [0.5, 0.6) is 5.75 Å². The summed E-state index contributed by atoms with van der Waals surface area (Å²) in [5.74, 6) is -0.559. The Bertz CT molecular complexity index is 850. The zero-order chi connectivity index (χ0) is 21.5. The summed E-state index contributed by atoms with van der Waals surface area (Å²) in [6, 6.07) is 12.0. The molecule has 1 aliphatic heterocycles. The molecule has 162 valence electrons. The molecule has 0 bridgehead atoms. The van der Waals surface area contributed by atoms with Crippen molar-refractivity contribution in [3.63, 3.8) is 0 Å². The highest BCUT2D eigenvalue weighted by atomic mass is 35.5. The Kier molecular flexibility index (Phi) is 8.04. The maximum Gasteiger partial charge on any atom is 0.221 e. The fourth-order valence-corrected chi connectivity index (χ4v) is 3.57. The standard InChI is InChI=1S/C22H27ClFN3O3/c1-15(28)26-21-7-6-18(24)10-22(21)30-14-20(29)11-25-19-8-9-27(13-19)12-16-2-4-17(23)5-3-16/h2-7,10,19-20,25,29H,8-9,11-14H2,1H3,(H,26,28)/t19-,20+/m1/s1. The minimum Gasteiger partial charge on any atom is -0.489 e. The quantitative estimate of drug-likeness (QED) is 0.564. The van der Waals surface area contributed by atoms with Crippen molar-refractivity contribution < 1.29 is 19.0 Å². The van der Waals surface area contributed by atoms with Crippen molar-refractivity contribution in [2.45, 2.75) is 32.0 Å². The third-order valence-electron chi connectivity index (χ3n) is 4.92. The zero-order valence-electron chi connectivity index (χ0n) is 16.9. The van der Waals surface area contributed by atoms with Crippen LogP contribution in [0.25, 0.3) is 0 Å². The van der Waals surface area contributed by atoms with Gasteiger partial charge in [-0.3, -0.25) is 9.69 Å². The van der Waals surface area contributed by atoms with Crippen molar-refractivity contribution in [2.75, 3.05) is 31.6 Å². The van der Waals surface area contributed by atoms with E-state index in [4.69, 9.17) is 16.3 Å². The number of ether oxygens (including phenoxy) is 1. The molecular weight excluding hydrogens is 409 g/mol. The molecule has 1 heterocycles. The first-order valence-electron chi connectivity index (χ1n) is 9.97. The maximum atomic E-state index is 13.5. The lowest BCUT2D eigenvalue weighted by atomic mass is 10.2. The van der Waals surface area contributed by atoms with Gasteiger partial charge in [0.05, 0.1) is 5.69 Å². The van der Waals surface area contributed by atoms with Gasteiger partial charge < -0.3 is 20.5 Å². The Hall–Kier alpha value is -2.19. The largest absolute Gasteiger partial charge is 0.489 e. The average Bonchev–Trinajstić information content (AvgIpc) is 3.15. The Morgan fingerprint density at radius 3 is 2.83 bits per heavy atom. The van der Waals surface area contributed by atoms with Crippen LogP contribution in [0, 0.1) is 5.82 Å². The molecule has 8 heteroatoms. The van der Waals surface area contributed by atoms with Crippen molar-refractivity contribution in [1.29, 1.82) is 0 Å². The molecule has 2 aromatic rings. The molecule has 1 aliphatic rings. The molecule has 0 radical (unpaired) electrons. The summed E-state index contributed by atoms with van der Waals surface area (Å²) >= 11 is 5.93. The number of hydrogen-bond acceptors (Lipinski definition) is 5. The van der Waals surface area contributed by atoms with Gasteiger partial charge in [-0.2, -0.15) is 0 Å². The highest BCUT2D eigenvalue weighted by Crippen LogP contribution is 2.25. The van der Waals surface area contributed by atoms with E-state index in [2.05, 4.69) is 15.5 Å². The minimum absolute atomic E-state index is 0.00968. The van der Waals surface area contributed by atoms with Crippen LogP contribution in [-0.4, -0.2) is 54.3 Å². The summed E-state index contributed by atoms with van der Waals surface area (Å²) in [5.41, 5.74) is 1.59. The van der Waals surface area contributed by atoms with Crippen molar-refractivity contribution in [2.24, 2.45) is 0 Å². The highest BCUT2D eigenvalue weighted by Gasteiger charge is 2.23. The second-order valence-electron chi connectivity index (χ2n) is 7.54. The van der Waals surface area contributed by atoms with E-state index in [1.807, 2.05) is 24.3 Å². The fourth-order valence-electron chi connectivity index (χ4n) is 3.45. The third-order valence-corrected chi connectivity index (χ3v) is 5.17. The van der Waals surface area contributed by atoms with Crippen molar-refractivity contribution in [3.05, 3.63) is 58.9 Å². The molecule has 6 nitrogen and oxygen atoms in total. The third kappa shape index (κ3) is 6.95. The van der Waals surface area contributed by atoms with E-state index in [1.54, 1.807) is 0 Å². The molecule has 1 amide bonds. The Morgan fingerprint density at radius 1 is 1.33 bits per heavy atom. The smallest absolute Gasteiger partial charge is 0.221 e. The highest BCUT2D eigenvalue weighted by molar-refractivity contribution is 6.30. The lowest BCUT2D eigenvalue weighted by Gasteiger charge is -2.19. The Morgan fingerprint density at radius 2 is 2.10 bits per heavy atom. The number of anilines is 1. The number of aliphatic hydroxyl groups is 1. The van der Waals surface area contributed by atoms with E-state index < -0.39 is 11.9 Å². The first kappa shape index (κ1) is 22.5. The van der Waals surface area contributed by atoms with Crippen LogP contribution in [0.4, 0.5) is 10.1 Å². The second-order valence-corrected chi connectivity index (χ2v) is 7.98. The molecule has 30 heavy (non-hydrogen) atoms. The van der Waals surface area contributed by atoms with E-state index in [0.29, 0.717) is 12.2 Å². The first-order valence-corrected chi connectivity index (χ1v) is 10.3. The van der Waals surface area contributed by atoms with Gasteiger partial charge in [0.1, 0.15) is 24.3 Å². The summed E-state index contributed by atoms with van der Waals surface area (Å²) in [6.07, 6.45) is 0.237. The van der Waals surface area contributed by atoms with Gasteiger partial charge in [-0.25, -0.2) is 4.39 Å². The fraction of sp³-hybridized carbons (Fsp3) is 0.409. The van der Waals surface area contributed by atoms with Crippen LogP contribution in [0.15, 0.2) is 42.5 Å². The van der Waals surface area contributed by atoms with Crippen LogP contribution in [0.2, 0.25) is 5.02 Å². The van der Waals surface area contributed by atoms with E-state index in [9.17, 15) is 14.3 Å². The summed E-state index contributed by atoms with van der Waals surface area (Å²) in [7, 11) is 0. The SMILES string of the molecule is CC(=O)Nc1ccc(F)cc1OC[C@@H](O)CN[C@@H]1CCN(Cc2ccc(Cl)cc2)C1. The van der Waals surface area contributed by atoms with E-state index >= 15 is 0 Å². The van der Waals surface area contributed by atoms with Crippen LogP contribution >= 0.6 is 11.6 Å². The molecule has 0 spiro atoms. The molecule has 0 unspecified atom stereocenters. The topological polar surface area (TPSA) is 73.8 Å². The number of nitrogens with one attached hydrogen (secondary N) is 2. The number of carbonyl (C=O) groups excluding carboxylic acids is 1. The normalized spacial score (nSPS) is 17.7. The van der Waals surface area contributed by atoms with Gasteiger partial charge in [-0.1, -0.05) is 23.7 Å². The van der Waals surface area contributed by atoms with Gasteiger partial charge in [0, 0.05) is 50.2 Å². The number of benzene rings is 2. The number of rotatable bonds is 9. The summed E-state index contributed by atoms with van der Waals surface area (Å²) in [6.45, 7) is 4.47. The predicted molar refractivity (Wildman–Crippen MR) is 115 cm³/mol. The minimum atomic E-state index is -0.760. The number of aliphatic hydroxyl groups excluding tert-OH is 1. The molecule has 0 aliphatic carbocycles. The second kappa shape index (κ2) is 10.7. The molecular formula is C22H27ClFN3O3. The predicted octanol–water partition coefficient (Wildman–Crippen LogP) is 3.04. The molecule has 0 saturated carbocycles. The molecule has 0 aromatic heterocycles. The van der Waals surface area contributed by atoms with Gasteiger partial charge in [0.25, 0.3) is 0 Å². The van der Waals surface area contributed by atoms with Gasteiger partial charge in [0.2, 0.25) is 5.91 Å². The van der Waals surface area contributed by atoms with E-state index in [-0.39, 0.29) is 24.3 Å². The number of amides is 1. The van der Waals surface area contributed by atoms with Crippen LogP contribution in [0.3, 0.4) is 0 Å². The number of halogens is 2. The maximum absolute atomic E-state index is 13.5. The van der Waals surface area contributed by atoms with Crippen molar-refractivity contribution in [3.8, 4) is 5.75 Å². The summed E-state index contributed by atoms with van der Waals surface area (Å²) in [4.78, 5) is 13.6. The molecule has 3 rings (SSSR count). The van der Waals surface area contributed by atoms with Crippen LogP contribution in [-0.2, 0) is 11.3 Å². The number of nitrogens with zero attached hydrogens (tertiary/aromatic N) is 1. The van der Waals surface area contributed by atoms with E-state index in [0.717, 1.165) is 31.1 Å². The van der Waals surface area contributed by atoms with Gasteiger partial charge in [-0.05, 0) is 36.2 Å². The van der Waals surface area contributed by atoms with Crippen molar-refractivity contribution >= 4 is 23.2 Å². The first-order chi connectivity index (χ1) is 14.4. The summed E-state index contributed by atoms with van der Waals surface area (Å²) in [5, 5.41) is 16.9. The van der Waals surface area contributed by atoms with Gasteiger partial charge in [0.15, 0.2) is 0 Å². The van der Waals surface area contributed by atoms with E-state index in [1.165, 1.54) is 30.7 Å². The Labute approximate surface area is 181 Å². The van der Waals surface area contributed by atoms with Gasteiger partial charge in [-0.15, -0.1) is 0 Å². The number of carbonyl (C=O) groups is 1. The van der Waals surface area contributed by atoms with Crippen LogP contribution < -0.4 is 15.4 Å². The number of likely N-dealkylation sites (tertiary alicyclic amines) is 1.